The first-order valence-corrected chi connectivity index (χ1v) is 5.53. The standard InChI is InChI=1S/C12H12O6S.Na.H/c1-16-10(13)6-4-7(11(14)17-2)9(19)8(5-6)12(15)18-3;;/h4-5,19H,1-3H3;;. The van der Waals surface area contributed by atoms with E-state index in [-0.39, 0.29) is 51.1 Å². The van der Waals surface area contributed by atoms with E-state index >= 15 is 0 Å². The van der Waals surface area contributed by atoms with Crippen molar-refractivity contribution in [3.8, 4) is 0 Å². The van der Waals surface area contributed by atoms with E-state index < -0.39 is 17.9 Å². The molecular formula is C12H13NaO6S. The molecule has 104 valence electrons. The summed E-state index contributed by atoms with van der Waals surface area (Å²) in [6.07, 6.45) is 0. The number of rotatable bonds is 3. The zero-order valence-electron chi connectivity index (χ0n) is 10.6. The van der Waals surface area contributed by atoms with Gasteiger partial charge >= 0.3 is 47.5 Å². The molecule has 0 amide bonds. The molecule has 0 fully saturated rings. The van der Waals surface area contributed by atoms with Gasteiger partial charge in [0.15, 0.2) is 0 Å². The van der Waals surface area contributed by atoms with Crippen LogP contribution in [0.4, 0.5) is 0 Å². The number of hydrogen-bond acceptors (Lipinski definition) is 7. The fourth-order valence-corrected chi connectivity index (χ4v) is 1.71. The molecule has 0 aromatic heterocycles. The molecule has 0 bridgehead atoms. The fourth-order valence-electron chi connectivity index (χ4n) is 1.40. The summed E-state index contributed by atoms with van der Waals surface area (Å²) in [6, 6.07) is 2.49. The average Bonchev–Trinajstić information content (AvgIpc) is 2.44. The molecule has 6 nitrogen and oxygen atoms in total. The van der Waals surface area contributed by atoms with Crippen LogP contribution in [-0.4, -0.2) is 68.8 Å². The number of carbonyl (C=O) groups is 3. The summed E-state index contributed by atoms with van der Waals surface area (Å²) in [5.41, 5.74) is -0.00985. The Morgan fingerprint density at radius 1 is 0.850 bits per heavy atom. The van der Waals surface area contributed by atoms with Crippen LogP contribution in [0.5, 0.6) is 0 Å². The van der Waals surface area contributed by atoms with Crippen LogP contribution in [0.2, 0.25) is 0 Å². The monoisotopic (exact) mass is 308 g/mol. The van der Waals surface area contributed by atoms with Gasteiger partial charge in [-0.3, -0.25) is 0 Å². The van der Waals surface area contributed by atoms with Crippen molar-refractivity contribution < 1.29 is 28.6 Å². The van der Waals surface area contributed by atoms with Gasteiger partial charge in [0.1, 0.15) is 0 Å². The number of thiol groups is 1. The van der Waals surface area contributed by atoms with E-state index in [1.807, 2.05) is 0 Å². The summed E-state index contributed by atoms with van der Waals surface area (Å²) in [5, 5.41) is 0. The van der Waals surface area contributed by atoms with Crippen LogP contribution in [0.3, 0.4) is 0 Å². The van der Waals surface area contributed by atoms with Crippen LogP contribution in [0.15, 0.2) is 17.0 Å². The molecule has 0 saturated carbocycles. The first kappa shape index (κ1) is 19.0. The van der Waals surface area contributed by atoms with E-state index in [4.69, 9.17) is 0 Å². The summed E-state index contributed by atoms with van der Waals surface area (Å²) < 4.78 is 13.7. The van der Waals surface area contributed by atoms with Gasteiger partial charge in [0, 0.05) is 4.90 Å². The average molecular weight is 308 g/mol. The second-order valence-electron chi connectivity index (χ2n) is 3.39. The molecule has 0 atom stereocenters. The van der Waals surface area contributed by atoms with Gasteiger partial charge in [0.2, 0.25) is 0 Å². The molecule has 20 heavy (non-hydrogen) atoms. The van der Waals surface area contributed by atoms with E-state index in [1.165, 1.54) is 33.5 Å². The van der Waals surface area contributed by atoms with Crippen molar-refractivity contribution in [1.29, 1.82) is 0 Å². The van der Waals surface area contributed by atoms with Gasteiger partial charge in [-0.05, 0) is 12.1 Å². The molecule has 0 heterocycles. The van der Waals surface area contributed by atoms with Crippen LogP contribution < -0.4 is 0 Å². The Hall–Kier alpha value is -1.02. The van der Waals surface area contributed by atoms with Crippen molar-refractivity contribution in [3.63, 3.8) is 0 Å². The molecule has 0 N–H and O–H groups in total. The van der Waals surface area contributed by atoms with Crippen molar-refractivity contribution in [2.45, 2.75) is 4.90 Å². The van der Waals surface area contributed by atoms with Crippen molar-refractivity contribution in [1.82, 2.24) is 0 Å². The maximum absolute atomic E-state index is 11.6. The van der Waals surface area contributed by atoms with Gasteiger partial charge in [-0.2, -0.15) is 0 Å². The first-order chi connectivity index (χ1) is 8.96. The summed E-state index contributed by atoms with van der Waals surface area (Å²) in [4.78, 5) is 34.7. The molecule has 0 aliphatic heterocycles. The molecule has 0 saturated heterocycles. The number of esters is 3. The van der Waals surface area contributed by atoms with E-state index in [1.54, 1.807) is 0 Å². The van der Waals surface area contributed by atoms with Crippen molar-refractivity contribution in [2.75, 3.05) is 21.3 Å². The maximum atomic E-state index is 11.6. The number of methoxy groups -OCH3 is 3. The Morgan fingerprint density at radius 3 is 1.50 bits per heavy atom. The zero-order valence-corrected chi connectivity index (χ0v) is 11.4. The molecule has 8 heteroatoms. The molecule has 0 radical (unpaired) electrons. The number of carbonyl (C=O) groups excluding carboxylic acids is 3. The van der Waals surface area contributed by atoms with Crippen molar-refractivity contribution in [3.05, 3.63) is 28.8 Å². The molecule has 1 aromatic carbocycles. The molecule has 1 rings (SSSR count). The minimum absolute atomic E-state index is 0. The van der Waals surface area contributed by atoms with Gasteiger partial charge in [-0.15, -0.1) is 12.6 Å². The van der Waals surface area contributed by atoms with Crippen molar-refractivity contribution >= 4 is 60.1 Å². The fraction of sp³-hybridized carbons (Fsp3) is 0.250. The molecule has 0 aliphatic rings. The van der Waals surface area contributed by atoms with Crippen LogP contribution in [0, 0.1) is 0 Å². The molecule has 0 aliphatic carbocycles. The minimum atomic E-state index is -0.721. The second kappa shape index (κ2) is 8.31. The summed E-state index contributed by atoms with van der Waals surface area (Å²) >= 11 is 4.09. The molecule has 1 aromatic rings. The van der Waals surface area contributed by atoms with Gasteiger partial charge in [0.25, 0.3) is 0 Å². The van der Waals surface area contributed by atoms with Crippen molar-refractivity contribution in [2.24, 2.45) is 0 Å². The number of ether oxygens (including phenoxy) is 3. The third-order valence-electron chi connectivity index (χ3n) is 2.34. The summed E-state index contributed by atoms with van der Waals surface area (Å²) in [7, 11) is 3.54. The Bertz CT molecular complexity index is 506. The Balaban J connectivity index is 0.00000361. The SMILES string of the molecule is COC(=O)c1cc(C(=O)OC)c(S)c(C(=O)OC)c1.[NaH]. The predicted octanol–water partition coefficient (Wildman–Crippen LogP) is 0.687. The van der Waals surface area contributed by atoms with E-state index in [0.717, 1.165) is 0 Å². The van der Waals surface area contributed by atoms with Gasteiger partial charge in [0.05, 0.1) is 38.0 Å². The topological polar surface area (TPSA) is 78.9 Å². The van der Waals surface area contributed by atoms with Crippen LogP contribution in [-0.2, 0) is 14.2 Å². The Labute approximate surface area is 143 Å². The molecular weight excluding hydrogens is 295 g/mol. The van der Waals surface area contributed by atoms with Gasteiger partial charge in [-0.1, -0.05) is 0 Å². The van der Waals surface area contributed by atoms with E-state index in [0.29, 0.717) is 0 Å². The van der Waals surface area contributed by atoms with Gasteiger partial charge < -0.3 is 14.2 Å². The zero-order chi connectivity index (χ0) is 14.6. The number of benzene rings is 1. The summed E-state index contributed by atoms with van der Waals surface area (Å²) in [6.45, 7) is 0. The molecule has 0 spiro atoms. The third-order valence-corrected chi connectivity index (χ3v) is 2.82. The van der Waals surface area contributed by atoms with Crippen LogP contribution in [0.1, 0.15) is 31.1 Å². The first-order valence-electron chi connectivity index (χ1n) is 5.08. The van der Waals surface area contributed by atoms with E-state index in [2.05, 4.69) is 26.8 Å². The number of hydrogen-bond donors (Lipinski definition) is 1. The second-order valence-corrected chi connectivity index (χ2v) is 3.84. The predicted molar refractivity (Wildman–Crippen MR) is 74.9 cm³/mol. The molecule has 0 unspecified atom stereocenters. The Morgan fingerprint density at radius 2 is 1.20 bits per heavy atom. The van der Waals surface area contributed by atoms with Crippen LogP contribution >= 0.6 is 12.6 Å². The van der Waals surface area contributed by atoms with Crippen LogP contribution in [0.25, 0.3) is 0 Å². The Kier molecular flexibility index (Phi) is 7.88. The van der Waals surface area contributed by atoms with Gasteiger partial charge in [-0.25, -0.2) is 14.4 Å². The normalized spacial score (nSPS) is 9.20. The third kappa shape index (κ3) is 3.99. The van der Waals surface area contributed by atoms with E-state index in [9.17, 15) is 14.4 Å². The summed E-state index contributed by atoms with van der Waals surface area (Å²) in [5.74, 6) is -2.13. The quantitative estimate of drug-likeness (QED) is 0.383.